The SMILES string of the molecule is NCC1CCN(C(=O)CCNS(=O)(=O)c2c(Cl)cccc2Cl)C1. The summed E-state index contributed by atoms with van der Waals surface area (Å²) in [5.41, 5.74) is 5.59. The number of amides is 1. The van der Waals surface area contributed by atoms with Gasteiger partial charge in [0.15, 0.2) is 0 Å². The second-order valence-corrected chi connectivity index (χ2v) is 7.95. The quantitative estimate of drug-likeness (QED) is 0.782. The molecule has 23 heavy (non-hydrogen) atoms. The summed E-state index contributed by atoms with van der Waals surface area (Å²) in [7, 11) is -3.86. The standard InChI is InChI=1S/C14H19Cl2N3O3S/c15-11-2-1-3-12(16)14(11)23(21,22)18-6-4-13(20)19-7-5-10(8-17)9-19/h1-3,10,18H,4-9,17H2. The van der Waals surface area contributed by atoms with Crippen LogP contribution in [0.1, 0.15) is 12.8 Å². The van der Waals surface area contributed by atoms with Crippen LogP contribution in [0.3, 0.4) is 0 Å². The number of benzene rings is 1. The molecule has 1 unspecified atom stereocenters. The Morgan fingerprint density at radius 1 is 1.35 bits per heavy atom. The molecule has 1 aliphatic heterocycles. The summed E-state index contributed by atoms with van der Waals surface area (Å²) >= 11 is 11.8. The number of nitrogens with two attached hydrogens (primary N) is 1. The van der Waals surface area contributed by atoms with E-state index in [-0.39, 0.29) is 33.8 Å². The van der Waals surface area contributed by atoms with Gasteiger partial charge < -0.3 is 10.6 Å². The summed E-state index contributed by atoms with van der Waals surface area (Å²) in [6.07, 6.45) is 0.974. The second-order valence-electron chi connectivity index (χ2n) is 5.43. The molecule has 1 amide bonds. The molecule has 0 aliphatic carbocycles. The Kier molecular flexibility index (Phi) is 6.27. The molecule has 6 nitrogen and oxygen atoms in total. The van der Waals surface area contributed by atoms with Crippen molar-refractivity contribution in [3.8, 4) is 0 Å². The summed E-state index contributed by atoms with van der Waals surface area (Å²) in [5.74, 6) is 0.242. The zero-order chi connectivity index (χ0) is 17.0. The molecule has 0 aromatic heterocycles. The van der Waals surface area contributed by atoms with E-state index in [0.717, 1.165) is 6.42 Å². The first-order valence-electron chi connectivity index (χ1n) is 7.26. The molecular weight excluding hydrogens is 361 g/mol. The average molecular weight is 380 g/mol. The number of carbonyl (C=O) groups excluding carboxylic acids is 1. The molecule has 1 heterocycles. The smallest absolute Gasteiger partial charge is 0.243 e. The summed E-state index contributed by atoms with van der Waals surface area (Å²) < 4.78 is 26.9. The number of hydrogen-bond acceptors (Lipinski definition) is 4. The Balaban J connectivity index is 1.92. The molecular formula is C14H19Cl2N3O3S. The van der Waals surface area contributed by atoms with Crippen LogP contribution in [0.4, 0.5) is 0 Å². The van der Waals surface area contributed by atoms with Crippen molar-refractivity contribution in [3.05, 3.63) is 28.2 Å². The number of rotatable bonds is 6. The third kappa shape index (κ3) is 4.58. The van der Waals surface area contributed by atoms with Gasteiger partial charge in [-0.15, -0.1) is 0 Å². The Morgan fingerprint density at radius 3 is 2.57 bits per heavy atom. The maximum atomic E-state index is 12.3. The van der Waals surface area contributed by atoms with Gasteiger partial charge in [-0.3, -0.25) is 4.79 Å². The van der Waals surface area contributed by atoms with Crippen LogP contribution >= 0.6 is 23.2 Å². The van der Waals surface area contributed by atoms with Crippen molar-refractivity contribution in [1.82, 2.24) is 9.62 Å². The van der Waals surface area contributed by atoms with Gasteiger partial charge in [-0.1, -0.05) is 29.3 Å². The third-order valence-corrected chi connectivity index (χ3v) is 6.21. The highest BCUT2D eigenvalue weighted by atomic mass is 35.5. The topological polar surface area (TPSA) is 92.5 Å². The molecule has 1 saturated heterocycles. The van der Waals surface area contributed by atoms with Gasteiger partial charge in [0, 0.05) is 26.1 Å². The molecule has 0 spiro atoms. The van der Waals surface area contributed by atoms with Crippen molar-refractivity contribution < 1.29 is 13.2 Å². The molecule has 0 saturated carbocycles. The van der Waals surface area contributed by atoms with Crippen molar-refractivity contribution in [2.75, 3.05) is 26.2 Å². The van der Waals surface area contributed by atoms with E-state index in [1.54, 1.807) is 11.0 Å². The molecule has 0 radical (unpaired) electrons. The minimum absolute atomic E-state index is 0.00743. The van der Waals surface area contributed by atoms with Crippen LogP contribution in [0.5, 0.6) is 0 Å². The van der Waals surface area contributed by atoms with E-state index in [1.807, 2.05) is 0 Å². The van der Waals surface area contributed by atoms with Crippen LogP contribution in [0.25, 0.3) is 0 Å². The molecule has 1 aromatic carbocycles. The maximum Gasteiger partial charge on any atom is 0.243 e. The van der Waals surface area contributed by atoms with E-state index in [1.165, 1.54) is 12.1 Å². The fraction of sp³-hybridized carbons (Fsp3) is 0.500. The van der Waals surface area contributed by atoms with Gasteiger partial charge >= 0.3 is 0 Å². The lowest BCUT2D eigenvalue weighted by atomic mass is 10.1. The lowest BCUT2D eigenvalue weighted by Gasteiger charge is -2.16. The van der Waals surface area contributed by atoms with Gasteiger partial charge in [-0.2, -0.15) is 0 Å². The van der Waals surface area contributed by atoms with Crippen molar-refractivity contribution in [1.29, 1.82) is 0 Å². The van der Waals surface area contributed by atoms with Crippen molar-refractivity contribution >= 4 is 39.1 Å². The molecule has 9 heteroatoms. The zero-order valence-corrected chi connectivity index (χ0v) is 14.8. The van der Waals surface area contributed by atoms with Crippen molar-refractivity contribution in [3.63, 3.8) is 0 Å². The van der Waals surface area contributed by atoms with E-state index in [9.17, 15) is 13.2 Å². The summed E-state index contributed by atoms with van der Waals surface area (Å²) in [4.78, 5) is 13.6. The number of hydrogen-bond donors (Lipinski definition) is 2. The Labute approximate surface area is 146 Å². The molecule has 0 bridgehead atoms. The molecule has 1 fully saturated rings. The van der Waals surface area contributed by atoms with Gasteiger partial charge in [0.2, 0.25) is 15.9 Å². The van der Waals surface area contributed by atoms with Gasteiger partial charge in [0.1, 0.15) is 4.90 Å². The van der Waals surface area contributed by atoms with Crippen molar-refractivity contribution in [2.24, 2.45) is 11.7 Å². The Hall–Kier alpha value is -0.860. The lowest BCUT2D eigenvalue weighted by Crippen LogP contribution is -2.33. The van der Waals surface area contributed by atoms with E-state index in [2.05, 4.69) is 4.72 Å². The monoisotopic (exact) mass is 379 g/mol. The first-order chi connectivity index (χ1) is 10.8. The van der Waals surface area contributed by atoms with E-state index >= 15 is 0 Å². The number of nitrogens with zero attached hydrogens (tertiary/aromatic N) is 1. The summed E-state index contributed by atoms with van der Waals surface area (Å²) in [5, 5.41) is 0.0864. The number of likely N-dealkylation sites (tertiary alicyclic amines) is 1. The van der Waals surface area contributed by atoms with E-state index < -0.39 is 10.0 Å². The maximum absolute atomic E-state index is 12.3. The lowest BCUT2D eigenvalue weighted by molar-refractivity contribution is -0.130. The second kappa shape index (κ2) is 7.81. The van der Waals surface area contributed by atoms with Crippen LogP contribution in [-0.4, -0.2) is 45.4 Å². The molecule has 1 atom stereocenters. The van der Waals surface area contributed by atoms with Gasteiger partial charge in [-0.05, 0) is 31.0 Å². The number of carbonyl (C=O) groups is 1. The minimum Gasteiger partial charge on any atom is -0.342 e. The number of sulfonamides is 1. The van der Waals surface area contributed by atoms with Crippen LogP contribution in [0.15, 0.2) is 23.1 Å². The Bertz CT molecular complexity index is 662. The largest absolute Gasteiger partial charge is 0.342 e. The zero-order valence-electron chi connectivity index (χ0n) is 12.5. The van der Waals surface area contributed by atoms with E-state index in [4.69, 9.17) is 28.9 Å². The van der Waals surface area contributed by atoms with Gasteiger partial charge in [0.25, 0.3) is 0 Å². The minimum atomic E-state index is -3.86. The van der Waals surface area contributed by atoms with Gasteiger partial charge in [0.05, 0.1) is 10.0 Å². The average Bonchev–Trinajstić information content (AvgIpc) is 2.95. The first kappa shape index (κ1) is 18.5. The molecule has 3 N–H and O–H groups in total. The molecule has 1 aromatic rings. The number of halogens is 2. The highest BCUT2D eigenvalue weighted by Crippen LogP contribution is 2.28. The third-order valence-electron chi connectivity index (χ3n) is 3.79. The highest BCUT2D eigenvalue weighted by molar-refractivity contribution is 7.89. The predicted octanol–water partition coefficient (Wildman–Crippen LogP) is 1.47. The fourth-order valence-corrected chi connectivity index (χ4v) is 4.68. The Morgan fingerprint density at radius 2 is 2.00 bits per heavy atom. The van der Waals surface area contributed by atoms with Crippen LogP contribution in [0.2, 0.25) is 10.0 Å². The summed E-state index contributed by atoms with van der Waals surface area (Å²) in [6, 6.07) is 4.46. The van der Waals surface area contributed by atoms with Gasteiger partial charge in [-0.25, -0.2) is 13.1 Å². The number of nitrogens with one attached hydrogen (secondary N) is 1. The molecule has 1 aliphatic rings. The molecule has 2 rings (SSSR count). The molecule has 128 valence electrons. The van der Waals surface area contributed by atoms with Crippen LogP contribution in [0, 0.1) is 5.92 Å². The van der Waals surface area contributed by atoms with Crippen LogP contribution in [-0.2, 0) is 14.8 Å². The van der Waals surface area contributed by atoms with Crippen LogP contribution < -0.4 is 10.5 Å². The van der Waals surface area contributed by atoms with E-state index in [0.29, 0.717) is 25.6 Å². The predicted molar refractivity (Wildman–Crippen MR) is 90.0 cm³/mol. The highest BCUT2D eigenvalue weighted by Gasteiger charge is 2.26. The fourth-order valence-electron chi connectivity index (χ4n) is 2.51. The van der Waals surface area contributed by atoms with Crippen molar-refractivity contribution in [2.45, 2.75) is 17.7 Å². The summed E-state index contributed by atoms with van der Waals surface area (Å²) in [6.45, 7) is 1.86. The first-order valence-corrected chi connectivity index (χ1v) is 9.50. The normalized spacial score (nSPS) is 18.4.